The van der Waals surface area contributed by atoms with Gasteiger partial charge < -0.3 is 9.47 Å². The summed E-state index contributed by atoms with van der Waals surface area (Å²) >= 11 is 0. The van der Waals surface area contributed by atoms with E-state index in [4.69, 9.17) is 9.47 Å². The first-order valence-corrected chi connectivity index (χ1v) is 7.84. The van der Waals surface area contributed by atoms with Crippen molar-refractivity contribution in [2.45, 2.75) is 0 Å². The Bertz CT molecular complexity index is 1070. The fourth-order valence-electron chi connectivity index (χ4n) is 2.49. The first-order chi connectivity index (χ1) is 13.3. The van der Waals surface area contributed by atoms with Gasteiger partial charge in [0.05, 0.1) is 0 Å². The Labute approximate surface area is 155 Å². The van der Waals surface area contributed by atoms with Crippen LogP contribution in [0.25, 0.3) is 10.8 Å². The molecule has 0 aromatic heterocycles. The third kappa shape index (κ3) is 3.66. The standard InChI is InChI=1S/C20H11F5O3/c1-2-5-27-12-8-14(21)17(15(22)9-12)20(26)28-11-3-4-13-10(6-11)7-16(23)19(25)18(13)24/h2-4,6-9H,1,5H2. The normalized spacial score (nSPS) is 10.8. The lowest BCUT2D eigenvalue weighted by molar-refractivity contribution is 0.0724. The van der Waals surface area contributed by atoms with Gasteiger partial charge in [-0.3, -0.25) is 0 Å². The lowest BCUT2D eigenvalue weighted by Gasteiger charge is -2.10. The second-order valence-corrected chi connectivity index (χ2v) is 5.62. The number of carbonyl (C=O) groups excluding carboxylic acids is 1. The van der Waals surface area contributed by atoms with E-state index in [1.807, 2.05) is 0 Å². The van der Waals surface area contributed by atoms with E-state index in [2.05, 4.69) is 6.58 Å². The van der Waals surface area contributed by atoms with Crippen LogP contribution < -0.4 is 9.47 Å². The average molecular weight is 394 g/mol. The fourth-order valence-corrected chi connectivity index (χ4v) is 2.49. The number of fused-ring (bicyclic) bond motifs is 1. The third-order valence-electron chi connectivity index (χ3n) is 3.74. The highest BCUT2D eigenvalue weighted by molar-refractivity contribution is 5.93. The number of hydrogen-bond acceptors (Lipinski definition) is 3. The van der Waals surface area contributed by atoms with Crippen LogP contribution in [0.5, 0.6) is 11.5 Å². The van der Waals surface area contributed by atoms with Crippen molar-refractivity contribution in [3.63, 3.8) is 0 Å². The number of esters is 1. The molecule has 3 aromatic carbocycles. The van der Waals surface area contributed by atoms with Crippen LogP contribution >= 0.6 is 0 Å². The fraction of sp³-hybridized carbons (Fsp3) is 0.0500. The van der Waals surface area contributed by atoms with Crippen LogP contribution in [0.1, 0.15) is 10.4 Å². The number of halogens is 5. The molecule has 0 saturated carbocycles. The van der Waals surface area contributed by atoms with Crippen LogP contribution in [-0.4, -0.2) is 12.6 Å². The van der Waals surface area contributed by atoms with E-state index in [9.17, 15) is 26.7 Å². The Kier molecular flexibility index (Phi) is 5.30. The molecule has 0 aliphatic heterocycles. The maximum Gasteiger partial charge on any atom is 0.349 e. The van der Waals surface area contributed by atoms with Gasteiger partial charge in [0.25, 0.3) is 0 Å². The van der Waals surface area contributed by atoms with E-state index in [1.165, 1.54) is 6.08 Å². The zero-order chi connectivity index (χ0) is 20.4. The molecule has 0 atom stereocenters. The van der Waals surface area contributed by atoms with Gasteiger partial charge in [-0.05, 0) is 29.7 Å². The first-order valence-electron chi connectivity index (χ1n) is 7.84. The highest BCUT2D eigenvalue weighted by Crippen LogP contribution is 2.28. The monoisotopic (exact) mass is 394 g/mol. The maximum absolute atomic E-state index is 14.1. The summed E-state index contributed by atoms with van der Waals surface area (Å²) in [6.45, 7) is 3.40. The summed E-state index contributed by atoms with van der Waals surface area (Å²) in [4.78, 5) is 12.1. The third-order valence-corrected chi connectivity index (χ3v) is 3.74. The van der Waals surface area contributed by atoms with Gasteiger partial charge >= 0.3 is 5.97 Å². The van der Waals surface area contributed by atoms with Gasteiger partial charge in [-0.25, -0.2) is 26.7 Å². The molecule has 3 rings (SSSR count). The van der Waals surface area contributed by atoms with Crippen molar-refractivity contribution in [1.29, 1.82) is 0 Å². The molecule has 0 saturated heterocycles. The van der Waals surface area contributed by atoms with E-state index in [-0.39, 0.29) is 28.9 Å². The van der Waals surface area contributed by atoms with Gasteiger partial charge in [0.15, 0.2) is 17.5 Å². The number of rotatable bonds is 5. The van der Waals surface area contributed by atoms with E-state index in [0.717, 1.165) is 30.3 Å². The quantitative estimate of drug-likeness (QED) is 0.193. The second-order valence-electron chi connectivity index (χ2n) is 5.62. The number of benzene rings is 3. The van der Waals surface area contributed by atoms with Gasteiger partial charge in [-0.15, -0.1) is 0 Å². The molecule has 144 valence electrons. The van der Waals surface area contributed by atoms with Crippen molar-refractivity contribution in [3.05, 3.63) is 83.7 Å². The van der Waals surface area contributed by atoms with Gasteiger partial charge in [-0.1, -0.05) is 12.7 Å². The average Bonchev–Trinajstić information content (AvgIpc) is 2.64. The molecule has 0 spiro atoms. The summed E-state index contributed by atoms with van der Waals surface area (Å²) in [6.07, 6.45) is 1.37. The Morgan fingerprint density at radius 3 is 2.21 bits per heavy atom. The molecule has 0 N–H and O–H groups in total. The van der Waals surface area contributed by atoms with Crippen LogP contribution in [0.3, 0.4) is 0 Å². The zero-order valence-corrected chi connectivity index (χ0v) is 14.1. The van der Waals surface area contributed by atoms with Crippen molar-refractivity contribution in [3.8, 4) is 11.5 Å². The Hall–Kier alpha value is -3.42. The molecule has 0 fully saturated rings. The summed E-state index contributed by atoms with van der Waals surface area (Å²) < 4.78 is 78.4. The lowest BCUT2D eigenvalue weighted by Crippen LogP contribution is -2.13. The summed E-state index contributed by atoms with van der Waals surface area (Å²) in [5, 5.41) is -0.351. The van der Waals surface area contributed by atoms with Crippen molar-refractivity contribution in [2.75, 3.05) is 6.61 Å². The van der Waals surface area contributed by atoms with E-state index in [1.54, 1.807) is 0 Å². The molecule has 28 heavy (non-hydrogen) atoms. The van der Waals surface area contributed by atoms with Gasteiger partial charge in [0.2, 0.25) is 0 Å². The van der Waals surface area contributed by atoms with Crippen molar-refractivity contribution in [2.24, 2.45) is 0 Å². The Morgan fingerprint density at radius 2 is 1.57 bits per heavy atom. The van der Waals surface area contributed by atoms with Crippen molar-refractivity contribution >= 4 is 16.7 Å². The van der Waals surface area contributed by atoms with E-state index < -0.39 is 40.6 Å². The second kappa shape index (κ2) is 7.67. The molecular formula is C20H11F5O3. The molecule has 3 aromatic rings. The van der Waals surface area contributed by atoms with Crippen molar-refractivity contribution < 1.29 is 36.2 Å². The predicted molar refractivity (Wildman–Crippen MR) is 90.8 cm³/mol. The minimum absolute atomic E-state index is 0.00742. The first kappa shape index (κ1) is 19.3. The van der Waals surface area contributed by atoms with Gasteiger partial charge in [-0.2, -0.15) is 0 Å². The highest BCUT2D eigenvalue weighted by Gasteiger charge is 2.22. The van der Waals surface area contributed by atoms with E-state index >= 15 is 0 Å². The zero-order valence-electron chi connectivity index (χ0n) is 14.1. The molecule has 0 amide bonds. The van der Waals surface area contributed by atoms with E-state index in [0.29, 0.717) is 6.07 Å². The van der Waals surface area contributed by atoms with Crippen molar-refractivity contribution in [1.82, 2.24) is 0 Å². The molecule has 8 heteroatoms. The summed E-state index contributed by atoms with van der Waals surface area (Å²) in [6, 6.07) is 5.48. The molecule has 0 heterocycles. The van der Waals surface area contributed by atoms with Crippen LogP contribution in [0, 0.1) is 29.1 Å². The molecular weight excluding hydrogens is 383 g/mol. The maximum atomic E-state index is 14.1. The summed E-state index contributed by atoms with van der Waals surface area (Å²) in [7, 11) is 0. The largest absolute Gasteiger partial charge is 0.489 e. The number of carbonyl (C=O) groups is 1. The highest BCUT2D eigenvalue weighted by atomic mass is 19.2. The summed E-state index contributed by atoms with van der Waals surface area (Å²) in [5.41, 5.74) is -0.970. The smallest absolute Gasteiger partial charge is 0.349 e. The Morgan fingerprint density at radius 1 is 0.893 bits per heavy atom. The Balaban J connectivity index is 1.91. The SMILES string of the molecule is C=CCOc1cc(F)c(C(=O)Oc2ccc3c(F)c(F)c(F)cc3c2)c(F)c1. The molecule has 0 bridgehead atoms. The van der Waals surface area contributed by atoms with Crippen LogP contribution in [0.15, 0.2) is 49.1 Å². The minimum Gasteiger partial charge on any atom is -0.489 e. The molecule has 0 aliphatic rings. The summed E-state index contributed by atoms with van der Waals surface area (Å²) in [5.74, 6) is -8.67. The van der Waals surface area contributed by atoms with Gasteiger partial charge in [0.1, 0.15) is 35.3 Å². The molecule has 3 nitrogen and oxygen atoms in total. The van der Waals surface area contributed by atoms with Crippen LogP contribution in [-0.2, 0) is 0 Å². The molecule has 0 radical (unpaired) electrons. The van der Waals surface area contributed by atoms with Gasteiger partial charge in [0, 0.05) is 17.5 Å². The predicted octanol–water partition coefficient (Wildman–Crippen LogP) is 5.32. The molecule has 0 unspecified atom stereocenters. The minimum atomic E-state index is -1.64. The molecule has 0 aliphatic carbocycles. The van der Waals surface area contributed by atoms with Crippen LogP contribution in [0.2, 0.25) is 0 Å². The number of ether oxygens (including phenoxy) is 2. The number of hydrogen-bond donors (Lipinski definition) is 0. The topological polar surface area (TPSA) is 35.5 Å². The lowest BCUT2D eigenvalue weighted by atomic mass is 10.1. The van der Waals surface area contributed by atoms with Crippen LogP contribution in [0.4, 0.5) is 22.0 Å².